The topological polar surface area (TPSA) is 15.6 Å². The molecular formula is C15H19BrN2. The molecule has 2 nitrogen and oxygen atoms in total. The SMILES string of the molecule is CN(C)/C=N/c1ccc(Br)cc1C1=CCCCC1. The van der Waals surface area contributed by atoms with Crippen LogP contribution in [0.25, 0.3) is 5.57 Å². The minimum atomic E-state index is 1.06. The Balaban J connectivity index is 2.37. The van der Waals surface area contributed by atoms with E-state index in [0.29, 0.717) is 0 Å². The number of aliphatic imine (C=N–C) groups is 1. The maximum atomic E-state index is 4.56. The highest BCUT2D eigenvalue weighted by molar-refractivity contribution is 9.10. The molecule has 96 valence electrons. The van der Waals surface area contributed by atoms with Crippen molar-refractivity contribution in [3.8, 4) is 0 Å². The molecule has 0 N–H and O–H groups in total. The van der Waals surface area contributed by atoms with Crippen molar-refractivity contribution in [2.24, 2.45) is 4.99 Å². The zero-order chi connectivity index (χ0) is 13.0. The number of nitrogens with zero attached hydrogens (tertiary/aromatic N) is 2. The van der Waals surface area contributed by atoms with Crippen molar-refractivity contribution >= 4 is 33.5 Å². The van der Waals surface area contributed by atoms with Gasteiger partial charge in [-0.3, -0.25) is 0 Å². The van der Waals surface area contributed by atoms with Crippen LogP contribution in [0, 0.1) is 0 Å². The summed E-state index contributed by atoms with van der Waals surface area (Å²) in [5, 5.41) is 0. The van der Waals surface area contributed by atoms with Gasteiger partial charge in [-0.25, -0.2) is 4.99 Å². The van der Waals surface area contributed by atoms with Gasteiger partial charge in [-0.05, 0) is 49.5 Å². The van der Waals surface area contributed by atoms with E-state index in [9.17, 15) is 0 Å². The van der Waals surface area contributed by atoms with Crippen molar-refractivity contribution < 1.29 is 0 Å². The highest BCUT2D eigenvalue weighted by Gasteiger charge is 2.10. The van der Waals surface area contributed by atoms with E-state index < -0.39 is 0 Å². The first-order valence-electron chi connectivity index (χ1n) is 6.36. The van der Waals surface area contributed by atoms with Gasteiger partial charge < -0.3 is 4.90 Å². The minimum absolute atomic E-state index is 1.06. The molecule has 2 rings (SSSR count). The van der Waals surface area contributed by atoms with Crippen molar-refractivity contribution in [3.63, 3.8) is 0 Å². The second kappa shape index (κ2) is 6.19. The summed E-state index contributed by atoms with van der Waals surface area (Å²) in [6, 6.07) is 6.31. The number of allylic oxidation sites excluding steroid dienone is 2. The summed E-state index contributed by atoms with van der Waals surface area (Å²) in [4.78, 5) is 6.52. The summed E-state index contributed by atoms with van der Waals surface area (Å²) in [5.74, 6) is 0. The van der Waals surface area contributed by atoms with Crippen molar-refractivity contribution in [1.82, 2.24) is 4.90 Å². The second-order valence-electron chi connectivity index (χ2n) is 4.84. The van der Waals surface area contributed by atoms with Crippen LogP contribution in [-0.2, 0) is 0 Å². The third-order valence-corrected chi connectivity index (χ3v) is 3.52. The van der Waals surface area contributed by atoms with Gasteiger partial charge in [-0.1, -0.05) is 22.0 Å². The smallest absolute Gasteiger partial charge is 0.0907 e. The lowest BCUT2D eigenvalue weighted by Gasteiger charge is -2.15. The van der Waals surface area contributed by atoms with E-state index >= 15 is 0 Å². The molecule has 1 aliphatic carbocycles. The Hall–Kier alpha value is -1.09. The molecule has 1 aromatic rings. The molecule has 1 aromatic carbocycles. The van der Waals surface area contributed by atoms with Crippen LogP contribution in [0.2, 0.25) is 0 Å². The monoisotopic (exact) mass is 306 g/mol. The van der Waals surface area contributed by atoms with Crippen molar-refractivity contribution in [1.29, 1.82) is 0 Å². The molecule has 18 heavy (non-hydrogen) atoms. The lowest BCUT2D eigenvalue weighted by molar-refractivity contribution is 0.643. The van der Waals surface area contributed by atoms with E-state index in [1.165, 1.54) is 36.8 Å². The van der Waals surface area contributed by atoms with Crippen LogP contribution in [-0.4, -0.2) is 25.3 Å². The molecule has 0 bridgehead atoms. The van der Waals surface area contributed by atoms with Gasteiger partial charge in [0, 0.05) is 24.1 Å². The molecule has 0 heterocycles. The summed E-state index contributed by atoms with van der Waals surface area (Å²) >= 11 is 3.55. The van der Waals surface area contributed by atoms with Crippen molar-refractivity contribution in [2.45, 2.75) is 25.7 Å². The summed E-state index contributed by atoms with van der Waals surface area (Å²) in [6.07, 6.45) is 9.18. The van der Waals surface area contributed by atoms with E-state index in [0.717, 1.165) is 10.2 Å². The van der Waals surface area contributed by atoms with Crippen molar-refractivity contribution in [3.05, 3.63) is 34.3 Å². The van der Waals surface area contributed by atoms with Crippen LogP contribution in [0.5, 0.6) is 0 Å². The zero-order valence-corrected chi connectivity index (χ0v) is 12.6. The lowest BCUT2D eigenvalue weighted by atomic mass is 9.93. The minimum Gasteiger partial charge on any atom is -0.369 e. The van der Waals surface area contributed by atoms with Gasteiger partial charge in [-0.2, -0.15) is 0 Å². The summed E-state index contributed by atoms with van der Waals surface area (Å²) in [6.45, 7) is 0. The molecule has 0 unspecified atom stereocenters. The number of benzene rings is 1. The fourth-order valence-corrected chi connectivity index (χ4v) is 2.50. The molecule has 0 radical (unpaired) electrons. The van der Waals surface area contributed by atoms with Gasteiger partial charge in [0.2, 0.25) is 0 Å². The Morgan fingerprint density at radius 2 is 2.11 bits per heavy atom. The second-order valence-corrected chi connectivity index (χ2v) is 5.76. The normalized spacial score (nSPS) is 15.8. The molecular weight excluding hydrogens is 288 g/mol. The third-order valence-electron chi connectivity index (χ3n) is 3.02. The highest BCUT2D eigenvalue weighted by Crippen LogP contribution is 2.34. The maximum Gasteiger partial charge on any atom is 0.0907 e. The molecule has 0 saturated carbocycles. The Morgan fingerprint density at radius 1 is 1.28 bits per heavy atom. The van der Waals surface area contributed by atoms with Crippen LogP contribution in [0.15, 0.2) is 33.7 Å². The van der Waals surface area contributed by atoms with Crippen LogP contribution >= 0.6 is 15.9 Å². The first-order valence-corrected chi connectivity index (χ1v) is 7.15. The van der Waals surface area contributed by atoms with E-state index in [1.807, 2.05) is 25.3 Å². The number of halogens is 1. The molecule has 0 aromatic heterocycles. The van der Waals surface area contributed by atoms with Crippen LogP contribution in [0.3, 0.4) is 0 Å². The van der Waals surface area contributed by atoms with Gasteiger partial charge in [0.05, 0.1) is 12.0 Å². The number of hydrogen-bond acceptors (Lipinski definition) is 1. The van der Waals surface area contributed by atoms with E-state index in [-0.39, 0.29) is 0 Å². The highest BCUT2D eigenvalue weighted by atomic mass is 79.9. The van der Waals surface area contributed by atoms with Gasteiger partial charge in [0.25, 0.3) is 0 Å². The van der Waals surface area contributed by atoms with Gasteiger partial charge in [0.15, 0.2) is 0 Å². The van der Waals surface area contributed by atoms with Crippen LogP contribution in [0.4, 0.5) is 5.69 Å². The van der Waals surface area contributed by atoms with Crippen molar-refractivity contribution in [2.75, 3.05) is 14.1 Å². The van der Waals surface area contributed by atoms with Crippen LogP contribution < -0.4 is 0 Å². The molecule has 0 spiro atoms. The first kappa shape index (κ1) is 13.3. The molecule has 3 heteroatoms. The quantitative estimate of drug-likeness (QED) is 0.587. The first-order chi connectivity index (χ1) is 8.66. The number of hydrogen-bond donors (Lipinski definition) is 0. The Bertz CT molecular complexity index is 475. The van der Waals surface area contributed by atoms with E-state index in [2.05, 4.69) is 45.2 Å². The van der Waals surface area contributed by atoms with E-state index in [4.69, 9.17) is 0 Å². The maximum absolute atomic E-state index is 4.56. The average Bonchev–Trinajstić information content (AvgIpc) is 2.38. The fourth-order valence-electron chi connectivity index (χ4n) is 2.14. The molecule has 0 fully saturated rings. The predicted octanol–water partition coefficient (Wildman–Crippen LogP) is 4.63. The van der Waals surface area contributed by atoms with Gasteiger partial charge in [-0.15, -0.1) is 0 Å². The molecule has 0 aliphatic heterocycles. The van der Waals surface area contributed by atoms with Gasteiger partial charge >= 0.3 is 0 Å². The number of rotatable bonds is 3. The zero-order valence-electron chi connectivity index (χ0n) is 11.0. The lowest BCUT2D eigenvalue weighted by Crippen LogP contribution is -2.07. The fraction of sp³-hybridized carbons (Fsp3) is 0.400. The summed E-state index contributed by atoms with van der Waals surface area (Å²) < 4.78 is 1.12. The molecule has 0 saturated heterocycles. The Morgan fingerprint density at radius 3 is 2.78 bits per heavy atom. The molecule has 0 amide bonds. The largest absolute Gasteiger partial charge is 0.369 e. The molecule has 1 aliphatic rings. The third kappa shape index (κ3) is 3.45. The Kier molecular flexibility index (Phi) is 4.59. The van der Waals surface area contributed by atoms with E-state index in [1.54, 1.807) is 0 Å². The van der Waals surface area contributed by atoms with Gasteiger partial charge in [0.1, 0.15) is 0 Å². The predicted molar refractivity (Wildman–Crippen MR) is 82.4 cm³/mol. The summed E-state index contributed by atoms with van der Waals surface area (Å²) in [7, 11) is 3.98. The summed E-state index contributed by atoms with van der Waals surface area (Å²) in [5.41, 5.74) is 3.76. The molecule has 0 atom stereocenters. The standard InChI is InChI=1S/C15H19BrN2/c1-18(2)11-17-15-9-8-13(16)10-14(15)12-6-4-3-5-7-12/h6,8-11H,3-5,7H2,1-2H3/b17-11+. The van der Waals surface area contributed by atoms with Crippen LogP contribution in [0.1, 0.15) is 31.2 Å². The average molecular weight is 307 g/mol. The Labute approximate surface area is 118 Å².